The Balaban J connectivity index is 3.06. The van der Waals surface area contributed by atoms with Gasteiger partial charge in [-0.05, 0) is 32.4 Å². The van der Waals surface area contributed by atoms with Crippen LogP contribution < -0.4 is 5.32 Å². The molecule has 0 saturated carbocycles. The van der Waals surface area contributed by atoms with E-state index in [4.69, 9.17) is 9.47 Å². The minimum atomic E-state index is -0.972. The van der Waals surface area contributed by atoms with Crippen LogP contribution in [0.3, 0.4) is 0 Å². The summed E-state index contributed by atoms with van der Waals surface area (Å²) in [4.78, 5) is 12.5. The quantitative estimate of drug-likeness (QED) is 0.749. The minimum Gasteiger partial charge on any atom is -0.464 e. The van der Waals surface area contributed by atoms with Gasteiger partial charge in [-0.25, -0.2) is 4.79 Å². The summed E-state index contributed by atoms with van der Waals surface area (Å²) in [6.45, 7) is 8.60. The van der Waals surface area contributed by atoms with E-state index in [1.54, 1.807) is 14.0 Å². The van der Waals surface area contributed by atoms with Crippen molar-refractivity contribution in [2.45, 2.75) is 39.3 Å². The van der Waals surface area contributed by atoms with E-state index in [2.05, 4.69) is 19.2 Å². The highest BCUT2D eigenvalue weighted by Gasteiger charge is 2.41. The van der Waals surface area contributed by atoms with Crippen molar-refractivity contribution in [3.63, 3.8) is 0 Å². The summed E-state index contributed by atoms with van der Waals surface area (Å²) in [6.07, 6.45) is 0.0656. The van der Waals surface area contributed by atoms with E-state index in [0.717, 1.165) is 5.56 Å². The molecule has 4 nitrogen and oxygen atoms in total. The van der Waals surface area contributed by atoms with Crippen molar-refractivity contribution in [2.24, 2.45) is 5.92 Å². The monoisotopic (exact) mass is 293 g/mol. The highest BCUT2D eigenvalue weighted by atomic mass is 16.5. The van der Waals surface area contributed by atoms with Crippen LogP contribution in [-0.2, 0) is 19.8 Å². The average Bonchev–Trinajstić information content (AvgIpc) is 2.49. The average molecular weight is 293 g/mol. The summed E-state index contributed by atoms with van der Waals surface area (Å²) in [6, 6.07) is 9.57. The first kappa shape index (κ1) is 17.7. The first-order valence-corrected chi connectivity index (χ1v) is 7.51. The second kappa shape index (κ2) is 8.15. The van der Waals surface area contributed by atoms with Gasteiger partial charge in [0.25, 0.3) is 0 Å². The highest BCUT2D eigenvalue weighted by molar-refractivity contribution is 5.83. The molecule has 0 fully saturated rings. The largest absolute Gasteiger partial charge is 0.464 e. The Morgan fingerprint density at radius 1 is 1.24 bits per heavy atom. The van der Waals surface area contributed by atoms with Crippen LogP contribution in [0, 0.1) is 5.92 Å². The van der Waals surface area contributed by atoms with Gasteiger partial charge in [0.2, 0.25) is 0 Å². The third-order valence-electron chi connectivity index (χ3n) is 3.82. The summed E-state index contributed by atoms with van der Waals surface area (Å²) in [5.74, 6) is 0.0761. The second-order valence-electron chi connectivity index (χ2n) is 5.50. The van der Waals surface area contributed by atoms with Crippen LogP contribution in [-0.4, -0.2) is 32.3 Å². The molecule has 0 aliphatic heterocycles. The lowest BCUT2D eigenvalue weighted by Crippen LogP contribution is -2.52. The van der Waals surface area contributed by atoms with Crippen LogP contribution in [0.4, 0.5) is 0 Å². The summed E-state index contributed by atoms with van der Waals surface area (Å²) in [5, 5.41) is 3.11. The zero-order valence-electron chi connectivity index (χ0n) is 13.7. The second-order valence-corrected chi connectivity index (χ2v) is 5.50. The number of rotatable bonds is 8. The van der Waals surface area contributed by atoms with E-state index in [0.29, 0.717) is 12.5 Å². The van der Waals surface area contributed by atoms with Gasteiger partial charge < -0.3 is 9.47 Å². The van der Waals surface area contributed by atoms with Crippen LogP contribution in [0.15, 0.2) is 30.3 Å². The lowest BCUT2D eigenvalue weighted by Gasteiger charge is -2.33. The number of carbonyl (C=O) groups is 1. The van der Waals surface area contributed by atoms with Crippen LogP contribution in [0.2, 0.25) is 0 Å². The fraction of sp³-hybridized carbons (Fsp3) is 0.588. The van der Waals surface area contributed by atoms with Crippen molar-refractivity contribution in [3.05, 3.63) is 35.9 Å². The molecule has 2 atom stereocenters. The molecule has 1 aromatic carbocycles. The molecule has 1 rings (SSSR count). The summed E-state index contributed by atoms with van der Waals surface area (Å²) in [7, 11) is 1.76. The lowest BCUT2D eigenvalue weighted by atomic mass is 9.90. The molecule has 2 unspecified atom stereocenters. The Bertz CT molecular complexity index is 433. The summed E-state index contributed by atoms with van der Waals surface area (Å²) < 4.78 is 11.2. The van der Waals surface area contributed by atoms with Crippen molar-refractivity contribution in [1.29, 1.82) is 0 Å². The molecular formula is C17H27NO3. The van der Waals surface area contributed by atoms with Crippen molar-refractivity contribution in [2.75, 3.05) is 20.3 Å². The van der Waals surface area contributed by atoms with Gasteiger partial charge in [0, 0.05) is 0 Å². The third kappa shape index (κ3) is 4.29. The molecule has 21 heavy (non-hydrogen) atoms. The maximum Gasteiger partial charge on any atom is 0.333 e. The van der Waals surface area contributed by atoms with Gasteiger partial charge in [0.05, 0.1) is 19.3 Å². The number of carbonyl (C=O) groups excluding carboxylic acids is 1. The number of likely N-dealkylation sites (N-methyl/N-ethyl adjacent to an activating group) is 1. The predicted molar refractivity (Wildman–Crippen MR) is 84.1 cm³/mol. The predicted octanol–water partition coefficient (Wildman–Crippen LogP) is 2.73. The number of benzene rings is 1. The molecular weight excluding hydrogens is 266 g/mol. The molecule has 1 aromatic rings. The van der Waals surface area contributed by atoms with Crippen molar-refractivity contribution in [1.82, 2.24) is 5.32 Å². The molecule has 0 saturated heterocycles. The van der Waals surface area contributed by atoms with Gasteiger partial charge in [-0.1, -0.05) is 44.2 Å². The Labute approximate surface area is 127 Å². The third-order valence-corrected chi connectivity index (χ3v) is 3.82. The Morgan fingerprint density at radius 3 is 2.33 bits per heavy atom. The summed E-state index contributed by atoms with van der Waals surface area (Å²) in [5.41, 5.74) is -0.123. The Kier molecular flexibility index (Phi) is 6.85. The molecule has 1 N–H and O–H groups in total. The molecule has 0 aromatic heterocycles. The van der Waals surface area contributed by atoms with Gasteiger partial charge in [-0.2, -0.15) is 0 Å². The zero-order valence-corrected chi connectivity index (χ0v) is 13.7. The first-order valence-electron chi connectivity index (χ1n) is 7.51. The number of nitrogens with one attached hydrogen (secondary N) is 1. The molecule has 0 bridgehead atoms. The van der Waals surface area contributed by atoms with Gasteiger partial charge in [-0.3, -0.25) is 5.32 Å². The zero-order chi connectivity index (χ0) is 15.9. The number of hydrogen-bond acceptors (Lipinski definition) is 4. The molecule has 118 valence electrons. The smallest absolute Gasteiger partial charge is 0.333 e. The van der Waals surface area contributed by atoms with E-state index in [-0.39, 0.29) is 18.7 Å². The van der Waals surface area contributed by atoms with Gasteiger partial charge in [0.1, 0.15) is 0 Å². The van der Waals surface area contributed by atoms with E-state index in [1.165, 1.54) is 0 Å². The van der Waals surface area contributed by atoms with E-state index in [1.807, 2.05) is 37.3 Å². The normalized spacial score (nSPS) is 15.5. The molecule has 0 radical (unpaired) electrons. The topological polar surface area (TPSA) is 47.6 Å². The van der Waals surface area contributed by atoms with Gasteiger partial charge in [0.15, 0.2) is 5.54 Å². The SMILES string of the molecule is CCOC(=O)C(COC(C)C(C)C)(NC)c1ccccc1. The Hall–Kier alpha value is -1.39. The number of esters is 1. The standard InChI is InChI=1S/C17H27NO3/c1-6-20-16(19)17(18-5,12-21-14(4)13(2)3)15-10-8-7-9-11-15/h7-11,13-14,18H,6,12H2,1-5H3. The minimum absolute atomic E-state index is 0.0656. The summed E-state index contributed by atoms with van der Waals surface area (Å²) >= 11 is 0. The van der Waals surface area contributed by atoms with Crippen molar-refractivity contribution >= 4 is 5.97 Å². The van der Waals surface area contributed by atoms with Crippen molar-refractivity contribution in [3.8, 4) is 0 Å². The van der Waals surface area contributed by atoms with Gasteiger partial charge >= 0.3 is 5.97 Å². The maximum absolute atomic E-state index is 12.5. The molecule has 4 heteroatoms. The van der Waals surface area contributed by atoms with E-state index >= 15 is 0 Å². The van der Waals surface area contributed by atoms with Crippen LogP contribution in [0.25, 0.3) is 0 Å². The molecule has 0 aliphatic rings. The molecule has 0 amide bonds. The molecule has 0 spiro atoms. The number of hydrogen-bond donors (Lipinski definition) is 1. The van der Waals surface area contributed by atoms with Crippen LogP contribution >= 0.6 is 0 Å². The van der Waals surface area contributed by atoms with E-state index < -0.39 is 5.54 Å². The maximum atomic E-state index is 12.5. The fourth-order valence-electron chi connectivity index (χ4n) is 2.00. The highest BCUT2D eigenvalue weighted by Crippen LogP contribution is 2.24. The van der Waals surface area contributed by atoms with Crippen LogP contribution in [0.1, 0.15) is 33.3 Å². The molecule has 0 aliphatic carbocycles. The lowest BCUT2D eigenvalue weighted by molar-refractivity contribution is -0.156. The molecule has 0 heterocycles. The van der Waals surface area contributed by atoms with Crippen molar-refractivity contribution < 1.29 is 14.3 Å². The van der Waals surface area contributed by atoms with Crippen LogP contribution in [0.5, 0.6) is 0 Å². The van der Waals surface area contributed by atoms with Gasteiger partial charge in [-0.15, -0.1) is 0 Å². The van der Waals surface area contributed by atoms with E-state index in [9.17, 15) is 4.79 Å². The Morgan fingerprint density at radius 2 is 1.86 bits per heavy atom. The first-order chi connectivity index (χ1) is 9.97. The number of ether oxygens (including phenoxy) is 2. The fourth-order valence-corrected chi connectivity index (χ4v) is 2.00.